The Labute approximate surface area is 117 Å². The van der Waals surface area contributed by atoms with E-state index >= 15 is 0 Å². The van der Waals surface area contributed by atoms with E-state index < -0.39 is 0 Å². The fourth-order valence-electron chi connectivity index (χ4n) is 2.51. The summed E-state index contributed by atoms with van der Waals surface area (Å²) in [4.78, 5) is 14.2. The van der Waals surface area contributed by atoms with E-state index in [1.165, 1.54) is 22.8 Å². The zero-order valence-corrected chi connectivity index (χ0v) is 12.3. The maximum Gasteiger partial charge on any atom is 0.254 e. The minimum absolute atomic E-state index is 0.203. The highest BCUT2D eigenvalue weighted by Crippen LogP contribution is 2.31. The van der Waals surface area contributed by atoms with Crippen LogP contribution in [0.5, 0.6) is 0 Å². The number of amides is 1. The first-order valence-corrected chi connectivity index (χ1v) is 7.74. The van der Waals surface area contributed by atoms with Crippen LogP contribution in [-0.4, -0.2) is 28.3 Å². The number of likely N-dealkylation sites (N-methyl/N-ethyl adjacent to an activating group) is 1. The molecule has 0 spiro atoms. The van der Waals surface area contributed by atoms with Gasteiger partial charge in [0, 0.05) is 24.6 Å². The number of benzene rings is 1. The topological polar surface area (TPSA) is 20.3 Å². The van der Waals surface area contributed by atoms with Gasteiger partial charge >= 0.3 is 0 Å². The summed E-state index contributed by atoms with van der Waals surface area (Å²) in [7, 11) is 0. The molecule has 0 unspecified atom stereocenters. The van der Waals surface area contributed by atoms with Crippen molar-refractivity contribution in [3.05, 3.63) is 35.4 Å². The van der Waals surface area contributed by atoms with Gasteiger partial charge in [0.05, 0.1) is 0 Å². The lowest BCUT2D eigenvalue weighted by Gasteiger charge is -2.33. The standard InChI is InChI=1S/C14H18INO/c1-2-16-10-11(6-5-9-15)12-7-3-4-8-13(12)14(16)17/h3-4,7-8,11H,2,5-6,9-10H2,1H3/t11-/m1/s1. The van der Waals surface area contributed by atoms with E-state index in [4.69, 9.17) is 0 Å². The number of rotatable bonds is 4. The molecule has 1 atom stereocenters. The average Bonchev–Trinajstić information content (AvgIpc) is 2.38. The molecule has 1 aromatic carbocycles. The molecule has 0 saturated heterocycles. The molecule has 0 saturated carbocycles. The lowest BCUT2D eigenvalue weighted by molar-refractivity contribution is 0.0728. The maximum atomic E-state index is 12.2. The quantitative estimate of drug-likeness (QED) is 0.606. The van der Waals surface area contributed by atoms with Gasteiger partial charge in [-0.2, -0.15) is 0 Å². The Bertz CT molecular complexity index is 405. The Morgan fingerprint density at radius 1 is 1.41 bits per heavy atom. The van der Waals surface area contributed by atoms with Crippen LogP contribution in [-0.2, 0) is 0 Å². The van der Waals surface area contributed by atoms with Crippen LogP contribution in [0, 0.1) is 0 Å². The largest absolute Gasteiger partial charge is 0.338 e. The minimum atomic E-state index is 0.203. The molecule has 0 aromatic heterocycles. The maximum absolute atomic E-state index is 12.2. The first kappa shape index (κ1) is 12.9. The Kier molecular flexibility index (Phi) is 4.42. The Hall–Kier alpha value is -0.580. The molecule has 1 aliphatic rings. The van der Waals surface area contributed by atoms with Crippen molar-refractivity contribution in [2.75, 3.05) is 17.5 Å². The second-order valence-corrected chi connectivity index (χ2v) is 5.54. The van der Waals surface area contributed by atoms with Gasteiger partial charge in [-0.05, 0) is 35.8 Å². The van der Waals surface area contributed by atoms with E-state index in [1.807, 2.05) is 23.1 Å². The summed E-state index contributed by atoms with van der Waals surface area (Å²) >= 11 is 2.42. The van der Waals surface area contributed by atoms with Crippen molar-refractivity contribution in [1.29, 1.82) is 0 Å². The summed E-state index contributed by atoms with van der Waals surface area (Å²) in [6.45, 7) is 3.76. The SMILES string of the molecule is CCN1C[C@@H](CCCI)c2ccccc2C1=O. The van der Waals surface area contributed by atoms with Gasteiger partial charge in [-0.1, -0.05) is 40.8 Å². The number of hydrogen-bond acceptors (Lipinski definition) is 1. The summed E-state index contributed by atoms with van der Waals surface area (Å²) in [6.07, 6.45) is 2.41. The fraction of sp³-hybridized carbons (Fsp3) is 0.500. The van der Waals surface area contributed by atoms with Gasteiger partial charge in [-0.15, -0.1) is 0 Å². The number of alkyl halides is 1. The molecular formula is C14H18INO. The van der Waals surface area contributed by atoms with E-state index in [0.717, 1.165) is 18.7 Å². The molecule has 1 aromatic rings. The molecule has 2 nitrogen and oxygen atoms in total. The molecule has 1 amide bonds. The van der Waals surface area contributed by atoms with Crippen LogP contribution in [0.25, 0.3) is 0 Å². The van der Waals surface area contributed by atoms with Crippen LogP contribution >= 0.6 is 22.6 Å². The molecule has 1 aliphatic heterocycles. The van der Waals surface area contributed by atoms with Gasteiger partial charge in [0.1, 0.15) is 0 Å². The number of fused-ring (bicyclic) bond motifs is 1. The Balaban J connectivity index is 2.29. The van der Waals surface area contributed by atoms with Crippen molar-refractivity contribution >= 4 is 28.5 Å². The summed E-state index contributed by atoms with van der Waals surface area (Å²) < 4.78 is 1.19. The van der Waals surface area contributed by atoms with Crippen LogP contribution in [0.3, 0.4) is 0 Å². The van der Waals surface area contributed by atoms with E-state index in [0.29, 0.717) is 5.92 Å². The number of carbonyl (C=O) groups is 1. The first-order chi connectivity index (χ1) is 8.27. The van der Waals surface area contributed by atoms with Crippen LogP contribution in [0.1, 0.15) is 41.6 Å². The van der Waals surface area contributed by atoms with Crippen LogP contribution in [0.4, 0.5) is 0 Å². The minimum Gasteiger partial charge on any atom is -0.338 e. The van der Waals surface area contributed by atoms with E-state index in [-0.39, 0.29) is 5.91 Å². The van der Waals surface area contributed by atoms with Crippen molar-refractivity contribution in [2.45, 2.75) is 25.7 Å². The zero-order chi connectivity index (χ0) is 12.3. The normalized spacial score (nSPS) is 19.3. The van der Waals surface area contributed by atoms with Crippen LogP contribution < -0.4 is 0 Å². The highest BCUT2D eigenvalue weighted by atomic mass is 127. The van der Waals surface area contributed by atoms with E-state index in [1.54, 1.807) is 0 Å². The third kappa shape index (κ3) is 2.64. The summed E-state index contributed by atoms with van der Waals surface area (Å²) in [6, 6.07) is 8.10. The lowest BCUT2D eigenvalue weighted by Crippen LogP contribution is -2.39. The molecule has 3 heteroatoms. The number of halogens is 1. The van der Waals surface area contributed by atoms with Crippen LogP contribution in [0.2, 0.25) is 0 Å². The Morgan fingerprint density at radius 3 is 2.88 bits per heavy atom. The van der Waals surface area contributed by atoms with Crippen LogP contribution in [0.15, 0.2) is 24.3 Å². The molecule has 92 valence electrons. The predicted octanol–water partition coefficient (Wildman–Crippen LogP) is 3.46. The van der Waals surface area contributed by atoms with Crippen molar-refractivity contribution in [3.63, 3.8) is 0 Å². The highest BCUT2D eigenvalue weighted by Gasteiger charge is 2.29. The third-order valence-electron chi connectivity index (χ3n) is 3.43. The van der Waals surface area contributed by atoms with Crippen molar-refractivity contribution in [1.82, 2.24) is 4.90 Å². The Morgan fingerprint density at radius 2 is 2.18 bits per heavy atom. The van der Waals surface area contributed by atoms with Gasteiger partial charge in [-0.3, -0.25) is 4.79 Å². The molecule has 1 heterocycles. The smallest absolute Gasteiger partial charge is 0.254 e. The van der Waals surface area contributed by atoms with Crippen molar-refractivity contribution in [3.8, 4) is 0 Å². The van der Waals surface area contributed by atoms with Gasteiger partial charge in [-0.25, -0.2) is 0 Å². The second kappa shape index (κ2) is 5.85. The molecule has 0 N–H and O–H groups in total. The molecular weight excluding hydrogens is 325 g/mol. The first-order valence-electron chi connectivity index (χ1n) is 6.22. The van der Waals surface area contributed by atoms with Gasteiger partial charge in [0.25, 0.3) is 5.91 Å². The van der Waals surface area contributed by atoms with Crippen molar-refractivity contribution < 1.29 is 4.79 Å². The average molecular weight is 343 g/mol. The number of carbonyl (C=O) groups excluding carboxylic acids is 1. The van der Waals surface area contributed by atoms with Crippen molar-refractivity contribution in [2.24, 2.45) is 0 Å². The molecule has 17 heavy (non-hydrogen) atoms. The monoisotopic (exact) mass is 343 g/mol. The number of hydrogen-bond donors (Lipinski definition) is 0. The predicted molar refractivity (Wildman–Crippen MR) is 78.9 cm³/mol. The number of nitrogens with zero attached hydrogens (tertiary/aromatic N) is 1. The van der Waals surface area contributed by atoms with E-state index in [2.05, 4.69) is 35.6 Å². The molecule has 0 fully saturated rings. The van der Waals surface area contributed by atoms with Gasteiger partial charge in [0.2, 0.25) is 0 Å². The second-order valence-electron chi connectivity index (χ2n) is 4.46. The third-order valence-corrected chi connectivity index (χ3v) is 4.19. The summed E-state index contributed by atoms with van der Waals surface area (Å²) in [5.74, 6) is 0.729. The molecule has 2 rings (SSSR count). The zero-order valence-electron chi connectivity index (χ0n) is 10.2. The van der Waals surface area contributed by atoms with E-state index in [9.17, 15) is 4.79 Å². The lowest BCUT2D eigenvalue weighted by atomic mass is 9.86. The van der Waals surface area contributed by atoms with Gasteiger partial charge in [0.15, 0.2) is 0 Å². The molecule has 0 aliphatic carbocycles. The highest BCUT2D eigenvalue weighted by molar-refractivity contribution is 14.1. The molecule has 0 radical (unpaired) electrons. The summed E-state index contributed by atoms with van der Waals surface area (Å²) in [5.41, 5.74) is 2.17. The van der Waals surface area contributed by atoms with Gasteiger partial charge < -0.3 is 4.90 Å². The molecule has 0 bridgehead atoms. The summed E-state index contributed by atoms with van der Waals surface area (Å²) in [5, 5.41) is 0. The fourth-order valence-corrected chi connectivity index (χ4v) is 2.95.